The molecule has 114 valence electrons. The second-order valence-electron chi connectivity index (χ2n) is 7.16. The van der Waals surface area contributed by atoms with Crippen LogP contribution in [0.25, 0.3) is 0 Å². The smallest absolute Gasteiger partial charge is 0.209 e. The molecule has 1 aromatic heterocycles. The van der Waals surface area contributed by atoms with Crippen LogP contribution in [-0.4, -0.2) is 11.2 Å². The third-order valence-electron chi connectivity index (χ3n) is 5.90. The standard InChI is InChI=1S/C18H19ClN2S/c1-17(2)13-8-9-18(17,3)15-14(13)22-16(21-15)20-10-11-4-6-12(19)7-5-11/h4-7,10,13H,8-9H2,1-3H3. The molecule has 4 heteroatoms. The molecule has 2 unspecified atom stereocenters. The Bertz CT molecular complexity index is 760. The minimum atomic E-state index is 0.220. The maximum atomic E-state index is 5.91. The Morgan fingerprint density at radius 3 is 2.68 bits per heavy atom. The first-order valence-electron chi connectivity index (χ1n) is 7.73. The number of benzene rings is 1. The van der Waals surface area contributed by atoms with Gasteiger partial charge in [-0.2, -0.15) is 0 Å². The van der Waals surface area contributed by atoms with Crippen molar-refractivity contribution in [2.75, 3.05) is 0 Å². The molecule has 1 saturated carbocycles. The Morgan fingerprint density at radius 1 is 1.27 bits per heavy atom. The molecule has 0 aliphatic heterocycles. The van der Waals surface area contributed by atoms with Crippen molar-refractivity contribution in [2.24, 2.45) is 10.4 Å². The molecule has 0 amide bonds. The molecule has 0 spiro atoms. The summed E-state index contributed by atoms with van der Waals surface area (Å²) in [6.07, 6.45) is 4.42. The van der Waals surface area contributed by atoms with Crippen molar-refractivity contribution >= 4 is 34.3 Å². The Hall–Kier alpha value is -1.19. The zero-order valence-electron chi connectivity index (χ0n) is 13.1. The Labute approximate surface area is 140 Å². The van der Waals surface area contributed by atoms with E-state index < -0.39 is 0 Å². The highest BCUT2D eigenvalue weighted by atomic mass is 35.5. The zero-order chi connectivity index (χ0) is 15.5. The van der Waals surface area contributed by atoms with Gasteiger partial charge in [0.25, 0.3) is 0 Å². The van der Waals surface area contributed by atoms with E-state index in [-0.39, 0.29) is 5.41 Å². The van der Waals surface area contributed by atoms with E-state index >= 15 is 0 Å². The van der Waals surface area contributed by atoms with E-state index in [0.29, 0.717) is 11.3 Å². The molecule has 1 fully saturated rings. The highest BCUT2D eigenvalue weighted by molar-refractivity contribution is 7.15. The molecule has 2 aliphatic carbocycles. The van der Waals surface area contributed by atoms with E-state index in [1.165, 1.54) is 23.4 Å². The summed E-state index contributed by atoms with van der Waals surface area (Å²) in [5, 5.41) is 1.63. The summed E-state index contributed by atoms with van der Waals surface area (Å²) in [6, 6.07) is 7.71. The number of thiazole rings is 1. The lowest BCUT2D eigenvalue weighted by molar-refractivity contribution is 0.227. The molecule has 1 aromatic carbocycles. The Balaban J connectivity index is 1.66. The summed E-state index contributed by atoms with van der Waals surface area (Å²) in [6.45, 7) is 7.18. The molecule has 4 rings (SSSR count). The maximum absolute atomic E-state index is 5.91. The Kier molecular flexibility index (Phi) is 3.05. The molecule has 0 radical (unpaired) electrons. The quantitative estimate of drug-likeness (QED) is 0.646. The van der Waals surface area contributed by atoms with Crippen molar-refractivity contribution in [1.82, 2.24) is 4.98 Å². The van der Waals surface area contributed by atoms with Crippen molar-refractivity contribution in [1.29, 1.82) is 0 Å². The van der Waals surface area contributed by atoms with Crippen LogP contribution in [0.4, 0.5) is 5.13 Å². The van der Waals surface area contributed by atoms with Crippen molar-refractivity contribution in [3.8, 4) is 0 Å². The molecule has 22 heavy (non-hydrogen) atoms. The van der Waals surface area contributed by atoms with E-state index in [0.717, 1.165) is 15.7 Å². The lowest BCUT2D eigenvalue weighted by Crippen LogP contribution is -2.31. The number of aliphatic imine (C=N–C) groups is 1. The first-order valence-corrected chi connectivity index (χ1v) is 8.92. The van der Waals surface area contributed by atoms with Crippen LogP contribution in [-0.2, 0) is 5.41 Å². The van der Waals surface area contributed by atoms with E-state index in [1.807, 2.05) is 30.5 Å². The minimum absolute atomic E-state index is 0.220. The van der Waals surface area contributed by atoms with E-state index in [9.17, 15) is 0 Å². The van der Waals surface area contributed by atoms with Gasteiger partial charge < -0.3 is 0 Å². The van der Waals surface area contributed by atoms with Crippen molar-refractivity contribution in [3.63, 3.8) is 0 Å². The highest BCUT2D eigenvalue weighted by Gasteiger charge is 2.61. The zero-order valence-corrected chi connectivity index (χ0v) is 14.6. The average molecular weight is 331 g/mol. The summed E-state index contributed by atoms with van der Waals surface area (Å²) in [7, 11) is 0. The molecular weight excluding hydrogens is 312 g/mol. The van der Waals surface area contributed by atoms with Crippen LogP contribution in [0.1, 0.15) is 55.7 Å². The van der Waals surface area contributed by atoms with Gasteiger partial charge >= 0.3 is 0 Å². The van der Waals surface area contributed by atoms with Gasteiger partial charge in [-0.15, -0.1) is 0 Å². The van der Waals surface area contributed by atoms with Crippen LogP contribution in [0.5, 0.6) is 0 Å². The van der Waals surface area contributed by atoms with Gasteiger partial charge in [-0.25, -0.2) is 9.98 Å². The summed E-state index contributed by atoms with van der Waals surface area (Å²) < 4.78 is 0. The van der Waals surface area contributed by atoms with Gasteiger partial charge in [0.15, 0.2) is 0 Å². The number of halogens is 1. The van der Waals surface area contributed by atoms with Gasteiger partial charge in [-0.05, 0) is 36.0 Å². The van der Waals surface area contributed by atoms with Crippen LogP contribution in [0.2, 0.25) is 5.02 Å². The number of nitrogens with zero attached hydrogens (tertiary/aromatic N) is 2. The number of rotatable bonds is 2. The second kappa shape index (κ2) is 4.65. The molecule has 1 heterocycles. The van der Waals surface area contributed by atoms with E-state index in [2.05, 4.69) is 25.8 Å². The van der Waals surface area contributed by atoms with Gasteiger partial charge in [0.05, 0.1) is 5.69 Å². The lowest BCUT2D eigenvalue weighted by Gasteiger charge is -2.34. The third-order valence-corrected chi connectivity index (χ3v) is 7.23. The number of fused-ring (bicyclic) bond motifs is 5. The first kappa shape index (κ1) is 14.4. The van der Waals surface area contributed by atoms with Crippen LogP contribution in [0, 0.1) is 5.41 Å². The van der Waals surface area contributed by atoms with Crippen LogP contribution in [0.15, 0.2) is 29.3 Å². The lowest BCUT2D eigenvalue weighted by atomic mass is 9.70. The summed E-state index contributed by atoms with van der Waals surface area (Å²) in [5.74, 6) is 0.657. The van der Waals surface area contributed by atoms with Crippen LogP contribution in [0.3, 0.4) is 0 Å². The average Bonchev–Trinajstić information content (AvgIpc) is 3.04. The van der Waals surface area contributed by atoms with Crippen molar-refractivity contribution in [3.05, 3.63) is 45.4 Å². The van der Waals surface area contributed by atoms with Gasteiger partial charge in [0.2, 0.25) is 5.13 Å². The largest absolute Gasteiger partial charge is 0.227 e. The first-order chi connectivity index (χ1) is 10.4. The van der Waals surface area contributed by atoms with Crippen molar-refractivity contribution in [2.45, 2.75) is 44.9 Å². The molecule has 2 atom stereocenters. The van der Waals surface area contributed by atoms with Crippen LogP contribution >= 0.6 is 22.9 Å². The van der Waals surface area contributed by atoms with Crippen LogP contribution < -0.4 is 0 Å². The normalized spacial score (nSPS) is 28.5. The number of aromatic nitrogens is 1. The maximum Gasteiger partial charge on any atom is 0.209 e. The molecule has 0 N–H and O–H groups in total. The molecule has 2 aliphatic rings. The third kappa shape index (κ3) is 1.85. The van der Waals surface area contributed by atoms with Gasteiger partial charge in [0, 0.05) is 27.4 Å². The predicted molar refractivity (Wildman–Crippen MR) is 93.9 cm³/mol. The fourth-order valence-electron chi connectivity index (χ4n) is 4.07. The number of hydrogen-bond acceptors (Lipinski definition) is 3. The molecule has 0 saturated heterocycles. The molecule has 2 bridgehead atoms. The molecule has 2 aromatic rings. The fourth-order valence-corrected chi connectivity index (χ4v) is 5.56. The monoisotopic (exact) mass is 330 g/mol. The fraction of sp³-hybridized carbons (Fsp3) is 0.444. The highest BCUT2D eigenvalue weighted by Crippen LogP contribution is 2.69. The second-order valence-corrected chi connectivity index (χ2v) is 8.61. The molecule has 2 nitrogen and oxygen atoms in total. The van der Waals surface area contributed by atoms with E-state index in [1.54, 1.807) is 11.3 Å². The minimum Gasteiger partial charge on any atom is -0.227 e. The number of hydrogen-bond donors (Lipinski definition) is 0. The van der Waals surface area contributed by atoms with Gasteiger partial charge in [0.1, 0.15) is 0 Å². The Morgan fingerprint density at radius 2 is 2.00 bits per heavy atom. The van der Waals surface area contributed by atoms with Gasteiger partial charge in [-0.3, -0.25) is 0 Å². The predicted octanol–water partition coefficient (Wildman–Crippen LogP) is 5.72. The molecular formula is C18H19ClN2S. The van der Waals surface area contributed by atoms with Gasteiger partial charge in [-0.1, -0.05) is 55.8 Å². The summed E-state index contributed by atoms with van der Waals surface area (Å²) in [5.41, 5.74) is 2.91. The topological polar surface area (TPSA) is 25.2 Å². The van der Waals surface area contributed by atoms with E-state index in [4.69, 9.17) is 16.6 Å². The van der Waals surface area contributed by atoms with Crippen molar-refractivity contribution < 1.29 is 0 Å². The summed E-state index contributed by atoms with van der Waals surface area (Å²) in [4.78, 5) is 10.9. The summed E-state index contributed by atoms with van der Waals surface area (Å²) >= 11 is 7.68. The SMILES string of the molecule is CC12CCC(c3sc(N=Cc4ccc(Cl)cc4)nc31)C2(C)C.